The van der Waals surface area contributed by atoms with Crippen molar-refractivity contribution in [1.29, 1.82) is 5.26 Å². The van der Waals surface area contributed by atoms with Crippen LogP contribution < -0.4 is 10.2 Å². The smallest absolute Gasteiger partial charge is 0.223 e. The first-order valence-electron chi connectivity index (χ1n) is 7.42. The number of nitriles is 1. The highest BCUT2D eigenvalue weighted by molar-refractivity contribution is 9.10. The largest absolute Gasteiger partial charge is 0.370 e. The molecule has 0 spiro atoms. The molecule has 4 nitrogen and oxygen atoms in total. The molecule has 1 saturated heterocycles. The van der Waals surface area contributed by atoms with Crippen LogP contribution in [0.3, 0.4) is 0 Å². The molecule has 21 heavy (non-hydrogen) atoms. The Hall–Kier alpha value is -1.54. The number of nitrogens with one attached hydrogen (secondary N) is 1. The highest BCUT2D eigenvalue weighted by Crippen LogP contribution is 2.31. The molecule has 1 aliphatic carbocycles. The Morgan fingerprint density at radius 2 is 2.00 bits per heavy atom. The first-order chi connectivity index (χ1) is 10.2. The van der Waals surface area contributed by atoms with E-state index in [1.165, 1.54) is 0 Å². The fourth-order valence-electron chi connectivity index (χ4n) is 2.76. The van der Waals surface area contributed by atoms with Crippen LogP contribution in [0.15, 0.2) is 22.7 Å². The molecule has 1 aromatic carbocycles. The lowest BCUT2D eigenvalue weighted by molar-refractivity contribution is -0.123. The van der Waals surface area contributed by atoms with E-state index in [-0.39, 0.29) is 11.8 Å². The predicted octanol–water partition coefficient (Wildman–Crippen LogP) is 2.82. The van der Waals surface area contributed by atoms with Crippen molar-refractivity contribution in [2.45, 2.75) is 31.7 Å². The molecule has 0 radical (unpaired) electrons. The van der Waals surface area contributed by atoms with E-state index in [0.717, 1.165) is 48.9 Å². The van der Waals surface area contributed by atoms with E-state index in [4.69, 9.17) is 5.26 Å². The Morgan fingerprint density at radius 1 is 1.29 bits per heavy atom. The van der Waals surface area contributed by atoms with E-state index >= 15 is 0 Å². The predicted molar refractivity (Wildman–Crippen MR) is 85.0 cm³/mol. The number of hydrogen-bond donors (Lipinski definition) is 1. The van der Waals surface area contributed by atoms with E-state index in [1.807, 2.05) is 18.2 Å². The summed E-state index contributed by atoms with van der Waals surface area (Å²) in [5.41, 5.74) is 1.79. The summed E-state index contributed by atoms with van der Waals surface area (Å²) in [7, 11) is 0. The minimum absolute atomic E-state index is 0.244. The fourth-order valence-corrected chi connectivity index (χ4v) is 3.39. The number of rotatable bonds is 3. The van der Waals surface area contributed by atoms with Gasteiger partial charge in [0.1, 0.15) is 0 Å². The van der Waals surface area contributed by atoms with E-state index < -0.39 is 0 Å². The molecule has 1 aliphatic heterocycles. The molecule has 1 aromatic rings. The number of carbonyl (C=O) groups is 1. The van der Waals surface area contributed by atoms with Gasteiger partial charge in [0.25, 0.3) is 0 Å². The van der Waals surface area contributed by atoms with Gasteiger partial charge in [0, 0.05) is 29.5 Å². The first kappa shape index (κ1) is 14.4. The average Bonchev–Trinajstić information content (AvgIpc) is 3.33. The summed E-state index contributed by atoms with van der Waals surface area (Å²) in [6.45, 7) is 1.86. The highest BCUT2D eigenvalue weighted by atomic mass is 79.9. The second kappa shape index (κ2) is 6.07. The summed E-state index contributed by atoms with van der Waals surface area (Å²) in [6.07, 6.45) is 4.07. The molecule has 1 N–H and O–H groups in total. The Bertz CT molecular complexity index is 584. The number of anilines is 1. The summed E-state index contributed by atoms with van der Waals surface area (Å²) < 4.78 is 0.960. The molecule has 5 heteroatoms. The van der Waals surface area contributed by atoms with Gasteiger partial charge in [-0.3, -0.25) is 4.79 Å². The first-order valence-corrected chi connectivity index (χ1v) is 8.21. The zero-order valence-corrected chi connectivity index (χ0v) is 13.4. The molecule has 0 aromatic heterocycles. The van der Waals surface area contributed by atoms with Gasteiger partial charge in [-0.05, 0) is 59.8 Å². The van der Waals surface area contributed by atoms with Gasteiger partial charge in [-0.2, -0.15) is 5.26 Å². The molecule has 0 bridgehead atoms. The lowest BCUT2D eigenvalue weighted by Crippen LogP contribution is -2.45. The van der Waals surface area contributed by atoms with Gasteiger partial charge < -0.3 is 10.2 Å². The van der Waals surface area contributed by atoms with Gasteiger partial charge in [-0.15, -0.1) is 0 Å². The van der Waals surface area contributed by atoms with Crippen molar-refractivity contribution in [1.82, 2.24) is 5.32 Å². The topological polar surface area (TPSA) is 56.1 Å². The molecule has 1 amide bonds. The molecule has 110 valence electrons. The van der Waals surface area contributed by atoms with Crippen LogP contribution in [0.4, 0.5) is 5.69 Å². The minimum Gasteiger partial charge on any atom is -0.370 e. The van der Waals surface area contributed by atoms with Crippen LogP contribution in [-0.2, 0) is 4.79 Å². The van der Waals surface area contributed by atoms with Gasteiger partial charge in [0.2, 0.25) is 5.91 Å². The lowest BCUT2D eigenvalue weighted by atomic mass is 10.0. The Morgan fingerprint density at radius 3 is 2.57 bits per heavy atom. The maximum Gasteiger partial charge on any atom is 0.223 e. The SMILES string of the molecule is N#Cc1ccc(N2CCC(NC(=O)C3CC3)CC2)c(Br)c1. The Balaban J connectivity index is 1.58. The van der Waals surface area contributed by atoms with Crippen LogP contribution in [0.5, 0.6) is 0 Å². The van der Waals surface area contributed by atoms with Crippen molar-refractivity contribution in [2.24, 2.45) is 5.92 Å². The van der Waals surface area contributed by atoms with Gasteiger partial charge in [-0.1, -0.05) is 0 Å². The minimum atomic E-state index is 0.244. The zero-order chi connectivity index (χ0) is 14.8. The van der Waals surface area contributed by atoms with Crippen molar-refractivity contribution in [3.05, 3.63) is 28.2 Å². The normalized spacial score (nSPS) is 19.1. The molecule has 2 aliphatic rings. The third-order valence-corrected chi connectivity index (χ3v) is 4.84. The highest BCUT2D eigenvalue weighted by Gasteiger charge is 2.31. The van der Waals surface area contributed by atoms with Crippen LogP contribution in [-0.4, -0.2) is 25.0 Å². The van der Waals surface area contributed by atoms with Gasteiger partial charge >= 0.3 is 0 Å². The lowest BCUT2D eigenvalue weighted by Gasteiger charge is -2.34. The third-order valence-electron chi connectivity index (χ3n) is 4.21. The maximum atomic E-state index is 11.8. The van der Waals surface area contributed by atoms with Crippen molar-refractivity contribution in [3.63, 3.8) is 0 Å². The summed E-state index contributed by atoms with van der Waals surface area (Å²) in [6, 6.07) is 8.16. The van der Waals surface area contributed by atoms with E-state index in [1.54, 1.807) is 0 Å². The number of carbonyl (C=O) groups excluding carboxylic acids is 1. The van der Waals surface area contributed by atoms with Crippen molar-refractivity contribution in [2.75, 3.05) is 18.0 Å². The van der Waals surface area contributed by atoms with E-state index in [0.29, 0.717) is 11.6 Å². The molecule has 0 atom stereocenters. The Kier molecular flexibility index (Phi) is 4.16. The number of piperidine rings is 1. The molecule has 1 saturated carbocycles. The second-order valence-corrected chi connectivity index (χ2v) is 6.68. The van der Waals surface area contributed by atoms with Crippen molar-refractivity contribution in [3.8, 4) is 6.07 Å². The van der Waals surface area contributed by atoms with Gasteiger partial charge in [0.15, 0.2) is 0 Å². The number of benzene rings is 1. The van der Waals surface area contributed by atoms with Crippen LogP contribution >= 0.6 is 15.9 Å². The zero-order valence-electron chi connectivity index (χ0n) is 11.8. The number of nitrogens with zero attached hydrogens (tertiary/aromatic N) is 2. The van der Waals surface area contributed by atoms with Crippen LogP contribution in [0.25, 0.3) is 0 Å². The van der Waals surface area contributed by atoms with Crippen LogP contribution in [0.2, 0.25) is 0 Å². The maximum absolute atomic E-state index is 11.8. The standard InChI is InChI=1S/C16H18BrN3O/c17-14-9-11(10-18)1-4-15(14)20-7-5-13(6-8-20)19-16(21)12-2-3-12/h1,4,9,12-13H,2-3,5-8H2,(H,19,21). The van der Waals surface area contributed by atoms with Crippen LogP contribution in [0.1, 0.15) is 31.2 Å². The van der Waals surface area contributed by atoms with Crippen molar-refractivity contribution >= 4 is 27.5 Å². The van der Waals surface area contributed by atoms with Crippen molar-refractivity contribution < 1.29 is 4.79 Å². The molecule has 3 rings (SSSR count). The second-order valence-electron chi connectivity index (χ2n) is 5.82. The number of amides is 1. The summed E-state index contributed by atoms with van der Waals surface area (Å²) in [4.78, 5) is 14.1. The summed E-state index contributed by atoms with van der Waals surface area (Å²) in [5.74, 6) is 0.531. The summed E-state index contributed by atoms with van der Waals surface area (Å²) in [5, 5.41) is 12.1. The number of halogens is 1. The number of hydrogen-bond acceptors (Lipinski definition) is 3. The average molecular weight is 348 g/mol. The molecule has 2 fully saturated rings. The molecule has 0 unspecified atom stereocenters. The van der Waals surface area contributed by atoms with Gasteiger partial charge in [0.05, 0.1) is 17.3 Å². The van der Waals surface area contributed by atoms with Crippen LogP contribution in [0, 0.1) is 17.2 Å². The van der Waals surface area contributed by atoms with Gasteiger partial charge in [-0.25, -0.2) is 0 Å². The Labute approximate surface area is 133 Å². The summed E-state index contributed by atoms with van der Waals surface area (Å²) >= 11 is 3.54. The molecular weight excluding hydrogens is 330 g/mol. The molecule has 1 heterocycles. The fraction of sp³-hybridized carbons (Fsp3) is 0.500. The monoisotopic (exact) mass is 347 g/mol. The quantitative estimate of drug-likeness (QED) is 0.914. The van der Waals surface area contributed by atoms with E-state index in [2.05, 4.69) is 32.2 Å². The molecular formula is C16H18BrN3O. The third kappa shape index (κ3) is 3.38. The van der Waals surface area contributed by atoms with E-state index in [9.17, 15) is 4.79 Å².